The topological polar surface area (TPSA) is 102 Å². The number of urea groups is 1. The average Bonchev–Trinajstić information content (AvgIpc) is 2.66. The van der Waals surface area contributed by atoms with E-state index in [2.05, 4.69) is 0 Å². The monoisotopic (exact) mass is 390 g/mol. The van der Waals surface area contributed by atoms with Crippen molar-refractivity contribution in [3.8, 4) is 11.5 Å². The number of rotatable bonds is 6. The fourth-order valence-electron chi connectivity index (χ4n) is 2.47. The van der Waals surface area contributed by atoms with E-state index in [4.69, 9.17) is 14.2 Å². The van der Waals surface area contributed by atoms with E-state index in [1.807, 2.05) is 0 Å². The van der Waals surface area contributed by atoms with Crippen LogP contribution in [0.25, 0.3) is 6.08 Å². The molecule has 28 heavy (non-hydrogen) atoms. The number of imide groups is 2. The molecule has 9 nitrogen and oxygen atoms in total. The highest BCUT2D eigenvalue weighted by Gasteiger charge is 2.37. The third-order valence-electron chi connectivity index (χ3n) is 3.86. The van der Waals surface area contributed by atoms with Crippen molar-refractivity contribution < 1.29 is 33.4 Å². The Labute approximate surface area is 162 Å². The van der Waals surface area contributed by atoms with Gasteiger partial charge in [-0.1, -0.05) is 6.07 Å². The molecule has 1 aromatic carbocycles. The second-order valence-electron chi connectivity index (χ2n) is 6.31. The number of hydrogen-bond acceptors (Lipinski definition) is 7. The summed E-state index contributed by atoms with van der Waals surface area (Å²) >= 11 is 0. The molecule has 0 atom stereocenters. The molecule has 0 aliphatic carbocycles. The minimum atomic E-state index is -0.693. The number of benzene rings is 1. The SMILES string of the molecule is COc1cc(C=C2C(=O)N(C)C(=O)N(C)C2=O)ccc1OCC(=O)OC(C)C. The molecule has 0 spiro atoms. The fourth-order valence-corrected chi connectivity index (χ4v) is 2.47. The van der Waals surface area contributed by atoms with Crippen molar-refractivity contribution in [3.05, 3.63) is 29.3 Å². The maximum atomic E-state index is 12.3. The van der Waals surface area contributed by atoms with Gasteiger partial charge in [-0.05, 0) is 37.6 Å². The average molecular weight is 390 g/mol. The van der Waals surface area contributed by atoms with Gasteiger partial charge in [0.15, 0.2) is 18.1 Å². The predicted octanol–water partition coefficient (Wildman–Crippen LogP) is 1.46. The lowest BCUT2D eigenvalue weighted by molar-refractivity contribution is -0.149. The molecule has 1 aliphatic heterocycles. The lowest BCUT2D eigenvalue weighted by Crippen LogP contribution is -2.52. The van der Waals surface area contributed by atoms with Crippen molar-refractivity contribution in [2.24, 2.45) is 0 Å². The molecule has 4 amide bonds. The summed E-state index contributed by atoms with van der Waals surface area (Å²) in [6, 6.07) is 3.99. The Hall–Kier alpha value is -3.36. The molecule has 0 bridgehead atoms. The zero-order valence-electron chi connectivity index (χ0n) is 16.3. The molecular weight excluding hydrogens is 368 g/mol. The Morgan fingerprint density at radius 2 is 1.68 bits per heavy atom. The van der Waals surface area contributed by atoms with E-state index in [1.54, 1.807) is 32.0 Å². The molecule has 0 saturated carbocycles. The first kappa shape index (κ1) is 20.9. The lowest BCUT2D eigenvalue weighted by atomic mass is 10.1. The Kier molecular flexibility index (Phi) is 6.40. The van der Waals surface area contributed by atoms with Crippen LogP contribution in [0.1, 0.15) is 19.4 Å². The second-order valence-corrected chi connectivity index (χ2v) is 6.31. The molecular formula is C19H22N2O7. The van der Waals surface area contributed by atoms with Crippen LogP contribution in [0.5, 0.6) is 11.5 Å². The number of methoxy groups -OCH3 is 1. The van der Waals surface area contributed by atoms with Gasteiger partial charge in [0.2, 0.25) is 0 Å². The number of carbonyl (C=O) groups is 4. The van der Waals surface area contributed by atoms with Gasteiger partial charge in [0.05, 0.1) is 13.2 Å². The maximum Gasteiger partial charge on any atom is 0.344 e. The zero-order chi connectivity index (χ0) is 21.0. The van der Waals surface area contributed by atoms with E-state index in [-0.39, 0.29) is 18.3 Å². The summed E-state index contributed by atoms with van der Waals surface area (Å²) in [5.74, 6) is -1.29. The van der Waals surface area contributed by atoms with E-state index in [1.165, 1.54) is 27.3 Å². The molecule has 0 unspecified atom stereocenters. The molecule has 1 fully saturated rings. The third kappa shape index (κ3) is 4.48. The normalized spacial score (nSPS) is 14.5. The largest absolute Gasteiger partial charge is 0.493 e. The molecule has 1 heterocycles. The summed E-state index contributed by atoms with van der Waals surface area (Å²) in [7, 11) is 4.02. The van der Waals surface area contributed by atoms with Crippen molar-refractivity contribution in [3.63, 3.8) is 0 Å². The van der Waals surface area contributed by atoms with E-state index >= 15 is 0 Å². The number of ether oxygens (including phenoxy) is 3. The van der Waals surface area contributed by atoms with Gasteiger partial charge >= 0.3 is 12.0 Å². The van der Waals surface area contributed by atoms with Crippen molar-refractivity contribution in [2.45, 2.75) is 20.0 Å². The van der Waals surface area contributed by atoms with Crippen LogP contribution < -0.4 is 9.47 Å². The Balaban J connectivity index is 2.24. The van der Waals surface area contributed by atoms with Gasteiger partial charge in [-0.3, -0.25) is 19.4 Å². The summed E-state index contributed by atoms with van der Waals surface area (Å²) in [5, 5.41) is 0. The number of barbiturate groups is 1. The van der Waals surface area contributed by atoms with E-state index in [0.29, 0.717) is 17.1 Å². The fraction of sp³-hybridized carbons (Fsp3) is 0.368. The first-order chi connectivity index (χ1) is 13.1. The minimum absolute atomic E-state index is 0.152. The van der Waals surface area contributed by atoms with Crippen molar-refractivity contribution in [2.75, 3.05) is 27.8 Å². The number of nitrogens with zero attached hydrogens (tertiary/aromatic N) is 2. The standard InChI is InChI=1S/C19H22N2O7/c1-11(2)28-16(22)10-27-14-7-6-12(9-15(14)26-5)8-13-17(23)20(3)19(25)21(4)18(13)24/h6-9,11H,10H2,1-5H3. The summed E-state index contributed by atoms with van der Waals surface area (Å²) < 4.78 is 15.7. The van der Waals surface area contributed by atoms with Crippen LogP contribution in [0.15, 0.2) is 23.8 Å². The summed E-state index contributed by atoms with van der Waals surface area (Å²) in [5.41, 5.74) is 0.336. The maximum absolute atomic E-state index is 12.3. The first-order valence-electron chi connectivity index (χ1n) is 8.47. The lowest BCUT2D eigenvalue weighted by Gasteiger charge is -2.28. The van der Waals surface area contributed by atoms with Crippen LogP contribution in [0, 0.1) is 0 Å². The third-order valence-corrected chi connectivity index (χ3v) is 3.86. The molecule has 1 saturated heterocycles. The van der Waals surface area contributed by atoms with Gasteiger partial charge in [-0.2, -0.15) is 0 Å². The highest BCUT2D eigenvalue weighted by molar-refractivity contribution is 6.30. The molecule has 1 aliphatic rings. The number of hydrogen-bond donors (Lipinski definition) is 0. The van der Waals surface area contributed by atoms with Gasteiger partial charge in [-0.25, -0.2) is 9.59 Å². The van der Waals surface area contributed by atoms with E-state index in [9.17, 15) is 19.2 Å². The van der Waals surface area contributed by atoms with Crippen LogP contribution in [0.4, 0.5) is 4.79 Å². The highest BCUT2D eigenvalue weighted by atomic mass is 16.6. The van der Waals surface area contributed by atoms with E-state index < -0.39 is 23.8 Å². The van der Waals surface area contributed by atoms with Crippen LogP contribution in [-0.4, -0.2) is 67.5 Å². The number of amides is 4. The molecule has 0 aromatic heterocycles. The van der Waals surface area contributed by atoms with Crippen LogP contribution in [0.3, 0.4) is 0 Å². The first-order valence-corrected chi connectivity index (χ1v) is 8.47. The molecule has 9 heteroatoms. The van der Waals surface area contributed by atoms with Crippen molar-refractivity contribution in [1.82, 2.24) is 9.80 Å². The smallest absolute Gasteiger partial charge is 0.344 e. The summed E-state index contributed by atoms with van der Waals surface area (Å²) in [6.45, 7) is 3.18. The van der Waals surface area contributed by atoms with Crippen LogP contribution in [-0.2, 0) is 19.1 Å². The number of carbonyl (C=O) groups excluding carboxylic acids is 4. The van der Waals surface area contributed by atoms with Crippen molar-refractivity contribution >= 4 is 29.9 Å². The molecule has 0 radical (unpaired) electrons. The number of likely N-dealkylation sites (N-methyl/N-ethyl adjacent to an activating group) is 2. The number of esters is 1. The molecule has 0 N–H and O–H groups in total. The Morgan fingerprint density at radius 1 is 1.07 bits per heavy atom. The molecule has 2 rings (SSSR count). The van der Waals surface area contributed by atoms with Gasteiger partial charge < -0.3 is 14.2 Å². The second kappa shape index (κ2) is 8.55. The predicted molar refractivity (Wildman–Crippen MR) is 98.6 cm³/mol. The molecule has 150 valence electrons. The quantitative estimate of drug-likeness (QED) is 0.412. The van der Waals surface area contributed by atoms with Gasteiger partial charge in [0, 0.05) is 14.1 Å². The minimum Gasteiger partial charge on any atom is -0.493 e. The summed E-state index contributed by atoms with van der Waals surface area (Å²) in [6.07, 6.45) is 1.12. The Bertz CT molecular complexity index is 819. The Morgan fingerprint density at radius 3 is 2.21 bits per heavy atom. The van der Waals surface area contributed by atoms with Crippen LogP contribution in [0.2, 0.25) is 0 Å². The van der Waals surface area contributed by atoms with Gasteiger partial charge in [0.25, 0.3) is 11.8 Å². The summed E-state index contributed by atoms with van der Waals surface area (Å²) in [4.78, 5) is 49.7. The van der Waals surface area contributed by atoms with Gasteiger partial charge in [0.1, 0.15) is 5.57 Å². The van der Waals surface area contributed by atoms with E-state index in [0.717, 1.165) is 9.80 Å². The zero-order valence-corrected chi connectivity index (χ0v) is 16.3. The van der Waals surface area contributed by atoms with Gasteiger partial charge in [-0.15, -0.1) is 0 Å². The molecule has 1 aromatic rings. The highest BCUT2D eigenvalue weighted by Crippen LogP contribution is 2.29. The van der Waals surface area contributed by atoms with Crippen LogP contribution >= 0.6 is 0 Å². The van der Waals surface area contributed by atoms with Crippen molar-refractivity contribution in [1.29, 1.82) is 0 Å².